The molecule has 2 aliphatic rings. The van der Waals surface area contributed by atoms with Crippen LogP contribution in [-0.4, -0.2) is 24.2 Å². The Bertz CT molecular complexity index is 353. The SMILES string of the molecule is c1cc(C2CCCN2)ccc1OC1CCSC1. The van der Waals surface area contributed by atoms with E-state index < -0.39 is 0 Å². The number of benzene rings is 1. The Morgan fingerprint density at radius 3 is 2.71 bits per heavy atom. The normalized spacial score (nSPS) is 28.5. The van der Waals surface area contributed by atoms with Gasteiger partial charge in [0.15, 0.2) is 0 Å². The summed E-state index contributed by atoms with van der Waals surface area (Å²) in [6, 6.07) is 9.23. The molecule has 1 aromatic rings. The van der Waals surface area contributed by atoms with Crippen LogP contribution in [0.25, 0.3) is 0 Å². The first-order valence-corrected chi connectivity index (χ1v) is 7.65. The highest BCUT2D eigenvalue weighted by Crippen LogP contribution is 2.27. The van der Waals surface area contributed by atoms with Crippen molar-refractivity contribution in [2.24, 2.45) is 0 Å². The largest absolute Gasteiger partial charge is 0.490 e. The lowest BCUT2D eigenvalue weighted by molar-refractivity contribution is 0.229. The highest BCUT2D eigenvalue weighted by atomic mass is 32.2. The van der Waals surface area contributed by atoms with Crippen LogP contribution in [0.15, 0.2) is 24.3 Å². The molecule has 0 spiro atoms. The van der Waals surface area contributed by atoms with Crippen molar-refractivity contribution in [1.29, 1.82) is 0 Å². The molecule has 0 bridgehead atoms. The monoisotopic (exact) mass is 249 g/mol. The summed E-state index contributed by atoms with van der Waals surface area (Å²) < 4.78 is 5.95. The second kappa shape index (κ2) is 5.32. The van der Waals surface area contributed by atoms with E-state index in [-0.39, 0.29) is 0 Å². The zero-order chi connectivity index (χ0) is 11.5. The molecule has 0 aromatic heterocycles. The van der Waals surface area contributed by atoms with E-state index in [0.29, 0.717) is 12.1 Å². The van der Waals surface area contributed by atoms with Crippen molar-refractivity contribution < 1.29 is 4.74 Å². The first-order chi connectivity index (χ1) is 8.42. The Kier molecular flexibility index (Phi) is 3.57. The zero-order valence-electron chi connectivity index (χ0n) is 10.0. The van der Waals surface area contributed by atoms with Crippen LogP contribution in [0.1, 0.15) is 30.9 Å². The molecule has 1 N–H and O–H groups in total. The second-order valence-corrected chi connectivity index (χ2v) is 5.97. The molecule has 2 unspecified atom stereocenters. The van der Waals surface area contributed by atoms with Gasteiger partial charge in [0.1, 0.15) is 11.9 Å². The minimum Gasteiger partial charge on any atom is -0.490 e. The predicted molar refractivity (Wildman–Crippen MR) is 72.8 cm³/mol. The molecule has 2 atom stereocenters. The topological polar surface area (TPSA) is 21.3 Å². The number of hydrogen-bond donors (Lipinski definition) is 1. The molecule has 2 heterocycles. The molecule has 0 amide bonds. The second-order valence-electron chi connectivity index (χ2n) is 4.82. The smallest absolute Gasteiger partial charge is 0.119 e. The van der Waals surface area contributed by atoms with Crippen molar-refractivity contribution in [2.75, 3.05) is 18.1 Å². The van der Waals surface area contributed by atoms with Gasteiger partial charge in [-0.25, -0.2) is 0 Å². The molecule has 92 valence electrons. The van der Waals surface area contributed by atoms with Crippen LogP contribution in [0.5, 0.6) is 5.75 Å². The molecule has 1 aromatic carbocycles. The summed E-state index contributed by atoms with van der Waals surface area (Å²) in [5, 5.41) is 3.52. The first kappa shape index (κ1) is 11.4. The van der Waals surface area contributed by atoms with Crippen molar-refractivity contribution >= 4 is 11.8 Å². The lowest BCUT2D eigenvalue weighted by Gasteiger charge is -2.14. The Labute approximate surface area is 107 Å². The first-order valence-electron chi connectivity index (χ1n) is 6.49. The molecule has 2 saturated heterocycles. The number of nitrogens with one attached hydrogen (secondary N) is 1. The summed E-state index contributed by atoms with van der Waals surface area (Å²) in [7, 11) is 0. The van der Waals surface area contributed by atoms with Gasteiger partial charge in [0.2, 0.25) is 0 Å². The molecule has 0 aliphatic carbocycles. The van der Waals surface area contributed by atoms with Gasteiger partial charge >= 0.3 is 0 Å². The van der Waals surface area contributed by atoms with Gasteiger partial charge in [-0.15, -0.1) is 0 Å². The van der Waals surface area contributed by atoms with E-state index in [4.69, 9.17) is 4.74 Å². The highest BCUT2D eigenvalue weighted by molar-refractivity contribution is 7.99. The van der Waals surface area contributed by atoms with Crippen LogP contribution < -0.4 is 10.1 Å². The average molecular weight is 249 g/mol. The Hall–Kier alpha value is -0.670. The highest BCUT2D eigenvalue weighted by Gasteiger charge is 2.18. The van der Waals surface area contributed by atoms with Gasteiger partial charge in [0.05, 0.1) is 0 Å². The maximum atomic E-state index is 5.95. The summed E-state index contributed by atoms with van der Waals surface area (Å²) in [6.07, 6.45) is 4.17. The molecular formula is C14H19NOS. The molecule has 0 radical (unpaired) electrons. The Balaban J connectivity index is 1.62. The summed E-state index contributed by atoms with van der Waals surface area (Å²) in [5.41, 5.74) is 1.40. The number of hydrogen-bond acceptors (Lipinski definition) is 3. The molecule has 0 saturated carbocycles. The van der Waals surface area contributed by atoms with Gasteiger partial charge in [0, 0.05) is 11.8 Å². The standard InChI is InChI=1S/C14H19NOS/c1-2-14(15-8-1)11-3-5-12(6-4-11)16-13-7-9-17-10-13/h3-6,13-15H,1-2,7-10H2. The lowest BCUT2D eigenvalue weighted by Crippen LogP contribution is -2.15. The zero-order valence-corrected chi connectivity index (χ0v) is 10.8. The summed E-state index contributed by atoms with van der Waals surface area (Å²) >= 11 is 1.99. The third-order valence-electron chi connectivity index (χ3n) is 3.53. The quantitative estimate of drug-likeness (QED) is 0.890. The fourth-order valence-corrected chi connectivity index (χ4v) is 3.64. The Morgan fingerprint density at radius 1 is 1.18 bits per heavy atom. The van der Waals surface area contributed by atoms with Crippen LogP contribution in [0.2, 0.25) is 0 Å². The molecule has 17 heavy (non-hydrogen) atoms. The maximum absolute atomic E-state index is 5.95. The van der Waals surface area contributed by atoms with Crippen LogP contribution >= 0.6 is 11.8 Å². The van der Waals surface area contributed by atoms with Crippen LogP contribution in [0, 0.1) is 0 Å². The van der Waals surface area contributed by atoms with Crippen LogP contribution in [0.3, 0.4) is 0 Å². The third kappa shape index (κ3) is 2.78. The third-order valence-corrected chi connectivity index (χ3v) is 4.67. The van der Waals surface area contributed by atoms with Gasteiger partial charge in [-0.3, -0.25) is 0 Å². The average Bonchev–Trinajstić information content (AvgIpc) is 3.01. The molecule has 2 aliphatic heterocycles. The van der Waals surface area contributed by atoms with Gasteiger partial charge in [-0.1, -0.05) is 12.1 Å². The van der Waals surface area contributed by atoms with E-state index in [2.05, 4.69) is 29.6 Å². The van der Waals surface area contributed by atoms with Crippen molar-refractivity contribution in [1.82, 2.24) is 5.32 Å². The lowest BCUT2D eigenvalue weighted by atomic mass is 10.1. The summed E-state index contributed by atoms with van der Waals surface area (Å²) in [6.45, 7) is 1.15. The minimum absolute atomic E-state index is 0.426. The minimum atomic E-state index is 0.426. The Morgan fingerprint density at radius 2 is 2.06 bits per heavy atom. The van der Waals surface area contributed by atoms with Crippen molar-refractivity contribution in [3.63, 3.8) is 0 Å². The molecular weight excluding hydrogens is 230 g/mol. The van der Waals surface area contributed by atoms with Gasteiger partial charge in [-0.05, 0) is 49.3 Å². The summed E-state index contributed by atoms with van der Waals surface area (Å²) in [4.78, 5) is 0. The maximum Gasteiger partial charge on any atom is 0.119 e. The van der Waals surface area contributed by atoms with Gasteiger partial charge in [0.25, 0.3) is 0 Å². The molecule has 3 rings (SSSR count). The fraction of sp³-hybridized carbons (Fsp3) is 0.571. The fourth-order valence-electron chi connectivity index (χ4n) is 2.55. The van der Waals surface area contributed by atoms with E-state index in [1.807, 2.05) is 11.8 Å². The molecule has 2 nitrogen and oxygen atoms in total. The van der Waals surface area contributed by atoms with Crippen molar-refractivity contribution in [3.05, 3.63) is 29.8 Å². The van der Waals surface area contributed by atoms with Crippen LogP contribution in [0.4, 0.5) is 0 Å². The van der Waals surface area contributed by atoms with E-state index in [9.17, 15) is 0 Å². The van der Waals surface area contributed by atoms with E-state index in [1.165, 1.54) is 30.6 Å². The van der Waals surface area contributed by atoms with Crippen molar-refractivity contribution in [2.45, 2.75) is 31.4 Å². The molecule has 2 fully saturated rings. The van der Waals surface area contributed by atoms with Crippen LogP contribution in [-0.2, 0) is 0 Å². The molecule has 3 heteroatoms. The van der Waals surface area contributed by atoms with E-state index >= 15 is 0 Å². The van der Waals surface area contributed by atoms with Gasteiger partial charge < -0.3 is 10.1 Å². The van der Waals surface area contributed by atoms with Gasteiger partial charge in [-0.2, -0.15) is 11.8 Å². The van der Waals surface area contributed by atoms with E-state index in [1.54, 1.807) is 0 Å². The number of thioether (sulfide) groups is 1. The number of rotatable bonds is 3. The van der Waals surface area contributed by atoms with Crippen molar-refractivity contribution in [3.8, 4) is 5.75 Å². The summed E-state index contributed by atoms with van der Waals surface area (Å²) in [5.74, 6) is 3.42. The van der Waals surface area contributed by atoms with E-state index in [0.717, 1.165) is 18.0 Å². The predicted octanol–water partition coefficient (Wildman–Crippen LogP) is 3.00. The number of ether oxygens (including phenoxy) is 1.